The average molecular weight is 361 g/mol. The molecule has 0 aliphatic carbocycles. The summed E-state index contributed by atoms with van der Waals surface area (Å²) in [6, 6.07) is 17.9. The Balaban J connectivity index is 1.43. The zero-order valence-corrected chi connectivity index (χ0v) is 15.4. The molecule has 3 aromatic rings. The average Bonchev–Trinajstić information content (AvgIpc) is 2.73. The second-order valence-corrected chi connectivity index (χ2v) is 6.99. The van der Waals surface area contributed by atoms with Gasteiger partial charge in [-0.05, 0) is 71.5 Å². The molecular weight excluding hydrogens is 337 g/mol. The van der Waals surface area contributed by atoms with Crippen LogP contribution in [0.5, 0.6) is 0 Å². The Bertz CT molecular complexity index is 872. The highest BCUT2D eigenvalue weighted by molar-refractivity contribution is 5.63. The van der Waals surface area contributed by atoms with Crippen molar-refractivity contribution >= 4 is 5.69 Å². The topological polar surface area (TPSA) is 28.2 Å². The number of halogens is 1. The Morgan fingerprint density at radius 1 is 0.815 bits per heavy atom. The van der Waals surface area contributed by atoms with E-state index >= 15 is 0 Å². The molecular formula is C23H24FN3. The SMILES string of the molecule is Fc1cc(CCc2ccc(N3CCNCC3)cc2)cc(-c2ccncc2)c1. The van der Waals surface area contributed by atoms with Crippen molar-refractivity contribution in [2.45, 2.75) is 12.8 Å². The first-order valence-corrected chi connectivity index (χ1v) is 9.52. The summed E-state index contributed by atoms with van der Waals surface area (Å²) in [5.41, 5.74) is 5.48. The Labute approximate surface area is 159 Å². The Morgan fingerprint density at radius 3 is 2.26 bits per heavy atom. The molecule has 3 nitrogen and oxygen atoms in total. The predicted molar refractivity (Wildman–Crippen MR) is 109 cm³/mol. The van der Waals surface area contributed by atoms with Gasteiger partial charge in [-0.3, -0.25) is 4.98 Å². The van der Waals surface area contributed by atoms with Gasteiger partial charge in [0.25, 0.3) is 0 Å². The fourth-order valence-electron chi connectivity index (χ4n) is 3.59. The first kappa shape index (κ1) is 17.7. The lowest BCUT2D eigenvalue weighted by molar-refractivity contribution is 0.589. The highest BCUT2D eigenvalue weighted by atomic mass is 19.1. The van der Waals surface area contributed by atoms with Crippen molar-refractivity contribution in [3.8, 4) is 11.1 Å². The summed E-state index contributed by atoms with van der Waals surface area (Å²) in [6.45, 7) is 4.20. The number of aryl methyl sites for hydroxylation is 2. The quantitative estimate of drug-likeness (QED) is 0.742. The number of pyridine rings is 1. The molecule has 1 aromatic heterocycles. The zero-order chi connectivity index (χ0) is 18.5. The van der Waals surface area contributed by atoms with Crippen molar-refractivity contribution < 1.29 is 4.39 Å². The lowest BCUT2D eigenvalue weighted by Crippen LogP contribution is -2.43. The summed E-state index contributed by atoms with van der Waals surface area (Å²) in [6.07, 6.45) is 5.20. The van der Waals surface area contributed by atoms with E-state index in [1.165, 1.54) is 11.3 Å². The highest BCUT2D eigenvalue weighted by Crippen LogP contribution is 2.23. The number of nitrogens with zero attached hydrogens (tertiary/aromatic N) is 2. The van der Waals surface area contributed by atoms with Gasteiger partial charge >= 0.3 is 0 Å². The first-order chi connectivity index (χ1) is 13.3. The van der Waals surface area contributed by atoms with Crippen LogP contribution in [0.25, 0.3) is 11.1 Å². The van der Waals surface area contributed by atoms with Crippen molar-refractivity contribution in [1.82, 2.24) is 10.3 Å². The van der Waals surface area contributed by atoms with Gasteiger partial charge in [-0.15, -0.1) is 0 Å². The van der Waals surface area contributed by atoms with E-state index in [4.69, 9.17) is 0 Å². The van der Waals surface area contributed by atoms with E-state index in [2.05, 4.69) is 45.5 Å². The van der Waals surface area contributed by atoms with Crippen LogP contribution in [-0.2, 0) is 12.8 Å². The fourth-order valence-corrected chi connectivity index (χ4v) is 3.59. The summed E-state index contributed by atoms with van der Waals surface area (Å²) in [4.78, 5) is 6.44. The molecule has 0 saturated carbocycles. The molecule has 4 rings (SSSR count). The van der Waals surface area contributed by atoms with Crippen molar-refractivity contribution in [2.75, 3.05) is 31.1 Å². The normalized spacial score (nSPS) is 14.3. The molecule has 1 saturated heterocycles. The minimum Gasteiger partial charge on any atom is -0.369 e. The van der Waals surface area contributed by atoms with Crippen LogP contribution in [0.3, 0.4) is 0 Å². The number of rotatable bonds is 5. The molecule has 0 unspecified atom stereocenters. The van der Waals surface area contributed by atoms with Gasteiger partial charge in [0.05, 0.1) is 0 Å². The molecule has 2 heterocycles. The smallest absolute Gasteiger partial charge is 0.124 e. The second-order valence-electron chi connectivity index (χ2n) is 6.99. The van der Waals surface area contributed by atoms with Gasteiger partial charge in [0.2, 0.25) is 0 Å². The molecule has 0 amide bonds. The Hall–Kier alpha value is -2.72. The van der Waals surface area contributed by atoms with Crippen LogP contribution < -0.4 is 10.2 Å². The largest absolute Gasteiger partial charge is 0.369 e. The molecule has 27 heavy (non-hydrogen) atoms. The van der Waals surface area contributed by atoms with E-state index in [0.29, 0.717) is 0 Å². The van der Waals surface area contributed by atoms with Gasteiger partial charge in [-0.1, -0.05) is 18.2 Å². The number of hydrogen-bond donors (Lipinski definition) is 1. The van der Waals surface area contributed by atoms with Crippen molar-refractivity contribution in [2.24, 2.45) is 0 Å². The van der Waals surface area contributed by atoms with Crippen LogP contribution >= 0.6 is 0 Å². The minimum absolute atomic E-state index is 0.187. The van der Waals surface area contributed by atoms with Gasteiger partial charge in [-0.25, -0.2) is 4.39 Å². The summed E-state index contributed by atoms with van der Waals surface area (Å²) in [5.74, 6) is -0.187. The van der Waals surface area contributed by atoms with E-state index in [1.807, 2.05) is 12.1 Å². The maximum atomic E-state index is 14.1. The number of aromatic nitrogens is 1. The third kappa shape index (κ3) is 4.52. The number of benzene rings is 2. The van der Waals surface area contributed by atoms with Crippen LogP contribution in [0.1, 0.15) is 11.1 Å². The molecule has 1 N–H and O–H groups in total. The molecule has 0 spiro atoms. The van der Waals surface area contributed by atoms with Gasteiger partial charge < -0.3 is 10.2 Å². The second kappa shape index (κ2) is 8.31. The number of nitrogens with one attached hydrogen (secondary N) is 1. The Morgan fingerprint density at radius 2 is 1.52 bits per heavy atom. The predicted octanol–water partition coefficient (Wildman–Crippen LogP) is 4.08. The van der Waals surface area contributed by atoms with Crippen LogP contribution in [0, 0.1) is 5.82 Å². The minimum atomic E-state index is -0.187. The monoisotopic (exact) mass is 361 g/mol. The third-order valence-corrected chi connectivity index (χ3v) is 5.09. The maximum absolute atomic E-state index is 14.1. The zero-order valence-electron chi connectivity index (χ0n) is 15.4. The maximum Gasteiger partial charge on any atom is 0.124 e. The van der Waals surface area contributed by atoms with Crippen molar-refractivity contribution in [3.63, 3.8) is 0 Å². The van der Waals surface area contributed by atoms with Gasteiger partial charge in [0, 0.05) is 44.3 Å². The summed E-state index contributed by atoms with van der Waals surface area (Å²) >= 11 is 0. The number of hydrogen-bond acceptors (Lipinski definition) is 3. The van der Waals surface area contributed by atoms with Crippen LogP contribution in [-0.4, -0.2) is 31.2 Å². The molecule has 1 aliphatic heterocycles. The molecule has 0 bridgehead atoms. The van der Waals surface area contributed by atoms with Crippen LogP contribution in [0.15, 0.2) is 67.0 Å². The molecule has 2 aromatic carbocycles. The number of piperazine rings is 1. The van der Waals surface area contributed by atoms with Crippen molar-refractivity contribution in [1.29, 1.82) is 0 Å². The fraction of sp³-hybridized carbons (Fsp3) is 0.261. The van der Waals surface area contributed by atoms with E-state index in [1.54, 1.807) is 24.5 Å². The highest BCUT2D eigenvalue weighted by Gasteiger charge is 2.10. The van der Waals surface area contributed by atoms with Crippen LogP contribution in [0.2, 0.25) is 0 Å². The van der Waals surface area contributed by atoms with Crippen molar-refractivity contribution in [3.05, 3.63) is 83.9 Å². The van der Waals surface area contributed by atoms with Gasteiger partial charge in [0.1, 0.15) is 5.82 Å². The summed E-state index contributed by atoms with van der Waals surface area (Å²) in [5, 5.41) is 3.38. The Kier molecular flexibility index (Phi) is 5.45. The summed E-state index contributed by atoms with van der Waals surface area (Å²) < 4.78 is 14.1. The molecule has 1 fully saturated rings. The van der Waals surface area contributed by atoms with Crippen LogP contribution in [0.4, 0.5) is 10.1 Å². The van der Waals surface area contributed by atoms with E-state index in [9.17, 15) is 4.39 Å². The number of anilines is 1. The van der Waals surface area contributed by atoms with E-state index in [-0.39, 0.29) is 5.82 Å². The molecule has 1 aliphatic rings. The van der Waals surface area contributed by atoms with Gasteiger partial charge in [0.15, 0.2) is 0 Å². The van der Waals surface area contributed by atoms with Gasteiger partial charge in [-0.2, -0.15) is 0 Å². The molecule has 138 valence electrons. The molecule has 4 heteroatoms. The third-order valence-electron chi connectivity index (χ3n) is 5.09. The first-order valence-electron chi connectivity index (χ1n) is 9.52. The van der Waals surface area contributed by atoms with E-state index < -0.39 is 0 Å². The molecule has 0 radical (unpaired) electrons. The summed E-state index contributed by atoms with van der Waals surface area (Å²) in [7, 11) is 0. The molecule has 0 atom stereocenters. The lowest BCUT2D eigenvalue weighted by atomic mass is 9.99. The van der Waals surface area contributed by atoms with E-state index in [0.717, 1.165) is 55.7 Å². The lowest BCUT2D eigenvalue weighted by Gasteiger charge is -2.29. The standard InChI is InChI=1S/C23H24FN3/c24-22-16-19(15-21(17-22)20-7-9-25-10-8-20)2-1-18-3-5-23(6-4-18)27-13-11-26-12-14-27/h3-10,15-17,26H,1-2,11-14H2.